The van der Waals surface area contributed by atoms with E-state index in [1.165, 1.54) is 24.8 Å². The number of carbonyl (C=O) groups is 1. The molecule has 0 N–H and O–H groups in total. The second-order valence-corrected chi connectivity index (χ2v) is 5.53. The number of halogens is 1. The Morgan fingerprint density at radius 2 is 1.95 bits per heavy atom. The van der Waals surface area contributed by atoms with Crippen molar-refractivity contribution >= 4 is 17.1 Å². The quantitative estimate of drug-likeness (QED) is 0.407. The van der Waals surface area contributed by atoms with Gasteiger partial charge in [-0.25, -0.2) is 0 Å². The van der Waals surface area contributed by atoms with Crippen LogP contribution in [0.1, 0.15) is 42.1 Å². The fourth-order valence-corrected chi connectivity index (χ4v) is 2.64. The Kier molecular flexibility index (Phi) is 7.70. The highest BCUT2D eigenvalue weighted by Gasteiger charge is 2.11. The van der Waals surface area contributed by atoms with Crippen LogP contribution in [-0.2, 0) is 13.0 Å². The average Bonchev–Trinajstić information content (AvgIpc) is 2.93. The summed E-state index contributed by atoms with van der Waals surface area (Å²) in [5.74, 6) is 0.170. The average molecular weight is 354 g/mol. The topological polar surface area (TPSA) is 20.9 Å². The highest BCUT2D eigenvalue weighted by atomic mass is 79.9. The Balaban J connectivity index is 0.00000200. The first kappa shape index (κ1) is 17.1. The van der Waals surface area contributed by atoms with Crippen molar-refractivity contribution in [1.29, 1.82) is 0 Å². The van der Waals surface area contributed by atoms with Gasteiger partial charge in [0.15, 0.2) is 6.20 Å². The smallest absolute Gasteiger partial charge is 0.227 e. The lowest BCUT2D eigenvalue weighted by atomic mass is 10.0. The molecule has 0 aliphatic carbocycles. The third-order valence-corrected chi connectivity index (χ3v) is 3.87. The molecule has 2 aromatic rings. The Morgan fingerprint density at radius 3 is 2.55 bits per heavy atom. The number of aryl methyl sites for hydroxylation is 1. The number of hydrogen-bond acceptors (Lipinski definition) is 2. The Morgan fingerprint density at radius 1 is 1.20 bits per heavy atom. The zero-order chi connectivity index (χ0) is 13.5. The third kappa shape index (κ3) is 5.17. The molecule has 108 valence electrons. The van der Waals surface area contributed by atoms with E-state index in [4.69, 9.17) is 0 Å². The molecule has 1 heterocycles. The van der Waals surface area contributed by atoms with Gasteiger partial charge in [0.1, 0.15) is 0 Å². The first-order valence-electron chi connectivity index (χ1n) is 6.83. The van der Waals surface area contributed by atoms with Gasteiger partial charge in [0.2, 0.25) is 17.8 Å². The Bertz CT molecular complexity index is 508. The molecule has 0 spiro atoms. The van der Waals surface area contributed by atoms with Crippen LogP contribution in [0.3, 0.4) is 0 Å². The van der Waals surface area contributed by atoms with Crippen molar-refractivity contribution in [2.75, 3.05) is 0 Å². The van der Waals surface area contributed by atoms with Crippen LogP contribution in [0.5, 0.6) is 0 Å². The van der Waals surface area contributed by atoms with E-state index < -0.39 is 0 Å². The van der Waals surface area contributed by atoms with Crippen LogP contribution in [0, 0.1) is 0 Å². The van der Waals surface area contributed by atoms with Gasteiger partial charge in [-0.1, -0.05) is 55.4 Å². The number of aromatic nitrogens is 1. The Labute approximate surface area is 135 Å². The molecule has 0 atom stereocenters. The van der Waals surface area contributed by atoms with Crippen molar-refractivity contribution in [3.63, 3.8) is 0 Å². The van der Waals surface area contributed by atoms with Crippen LogP contribution in [0.4, 0.5) is 0 Å². The summed E-state index contributed by atoms with van der Waals surface area (Å²) >= 11 is 1.60. The second kappa shape index (κ2) is 9.03. The highest BCUT2D eigenvalue weighted by molar-refractivity contribution is 7.07. The van der Waals surface area contributed by atoms with Gasteiger partial charge in [0.05, 0.1) is 5.38 Å². The molecule has 20 heavy (non-hydrogen) atoms. The highest BCUT2D eigenvalue weighted by Crippen LogP contribution is 2.09. The van der Waals surface area contributed by atoms with Crippen LogP contribution >= 0.6 is 11.3 Å². The second-order valence-electron chi connectivity index (χ2n) is 4.78. The zero-order valence-electron chi connectivity index (χ0n) is 11.7. The molecule has 0 aliphatic rings. The van der Waals surface area contributed by atoms with E-state index >= 15 is 0 Å². The number of benzene rings is 1. The molecule has 0 amide bonds. The lowest BCUT2D eigenvalue weighted by Gasteiger charge is -2.02. The normalized spacial score (nSPS) is 10.1. The molecule has 1 aromatic carbocycles. The molecule has 0 fully saturated rings. The number of nitrogens with zero attached hydrogens (tertiary/aromatic N) is 1. The predicted octanol–water partition coefficient (Wildman–Crippen LogP) is 0.655. The molecule has 4 heteroatoms. The van der Waals surface area contributed by atoms with Crippen molar-refractivity contribution in [2.45, 2.75) is 39.2 Å². The molecular formula is C16H20BrNOS. The van der Waals surface area contributed by atoms with Gasteiger partial charge in [-0.3, -0.25) is 4.79 Å². The van der Waals surface area contributed by atoms with Crippen molar-refractivity contribution in [3.8, 4) is 0 Å². The standard InChI is InChI=1S/C16H20NOS.BrH/c1-2-3-4-5-14-6-8-15(9-7-14)16(18)12-17-10-11-19-13-17;/h6-11,13H,2-5,12H2,1H3;1H/q+1;/p-1. The molecule has 0 radical (unpaired) electrons. The maximum absolute atomic E-state index is 12.1. The molecule has 0 saturated carbocycles. The molecule has 0 saturated heterocycles. The summed E-state index contributed by atoms with van der Waals surface area (Å²) in [7, 11) is 0. The number of rotatable bonds is 7. The van der Waals surface area contributed by atoms with E-state index in [-0.39, 0.29) is 22.8 Å². The summed E-state index contributed by atoms with van der Waals surface area (Å²) in [5.41, 5.74) is 4.09. The van der Waals surface area contributed by atoms with E-state index in [0.717, 1.165) is 12.0 Å². The van der Waals surface area contributed by atoms with E-state index in [1.54, 1.807) is 11.3 Å². The van der Waals surface area contributed by atoms with E-state index in [1.807, 2.05) is 33.8 Å². The molecule has 1 aromatic heterocycles. The lowest BCUT2D eigenvalue weighted by molar-refractivity contribution is -0.678. The van der Waals surface area contributed by atoms with Gasteiger partial charge in [0.25, 0.3) is 0 Å². The third-order valence-electron chi connectivity index (χ3n) is 3.20. The van der Waals surface area contributed by atoms with Crippen molar-refractivity contribution in [3.05, 3.63) is 52.5 Å². The van der Waals surface area contributed by atoms with Crippen LogP contribution in [0.25, 0.3) is 0 Å². The van der Waals surface area contributed by atoms with E-state index in [9.17, 15) is 4.79 Å². The maximum atomic E-state index is 12.1. The lowest BCUT2D eigenvalue weighted by Crippen LogP contribution is -3.00. The molecule has 0 bridgehead atoms. The van der Waals surface area contributed by atoms with Crippen molar-refractivity contribution in [1.82, 2.24) is 0 Å². The summed E-state index contributed by atoms with van der Waals surface area (Å²) < 4.78 is 1.92. The number of ketones is 1. The minimum absolute atomic E-state index is 0. The van der Waals surface area contributed by atoms with E-state index in [2.05, 4.69) is 19.1 Å². The fourth-order valence-electron chi connectivity index (χ4n) is 2.05. The first-order chi connectivity index (χ1) is 9.29. The SMILES string of the molecule is CCCCCc1ccc(C(=O)C[n+]2ccsc2)cc1.[Br-]. The minimum Gasteiger partial charge on any atom is -1.00 e. The maximum Gasteiger partial charge on any atom is 0.227 e. The van der Waals surface area contributed by atoms with Crippen LogP contribution in [-0.4, -0.2) is 5.78 Å². The van der Waals surface area contributed by atoms with Crippen LogP contribution in [0.15, 0.2) is 41.4 Å². The summed E-state index contributed by atoms with van der Waals surface area (Å²) in [6.07, 6.45) is 6.79. The van der Waals surface area contributed by atoms with Gasteiger partial charge in [-0.15, -0.1) is 0 Å². The van der Waals surface area contributed by atoms with Gasteiger partial charge in [-0.2, -0.15) is 4.57 Å². The molecule has 0 unspecified atom stereocenters. The molecule has 0 aliphatic heterocycles. The van der Waals surface area contributed by atoms with Crippen molar-refractivity contribution < 1.29 is 26.3 Å². The zero-order valence-corrected chi connectivity index (χ0v) is 14.1. The minimum atomic E-state index is 0. The predicted molar refractivity (Wildman–Crippen MR) is 78.5 cm³/mol. The number of Topliss-reactive ketones (excluding diaryl/α,β-unsaturated/α-hetero) is 1. The van der Waals surface area contributed by atoms with Crippen LogP contribution in [0.2, 0.25) is 0 Å². The van der Waals surface area contributed by atoms with Crippen molar-refractivity contribution in [2.24, 2.45) is 0 Å². The number of unbranched alkanes of at least 4 members (excludes halogenated alkanes) is 2. The number of thiazole rings is 1. The summed E-state index contributed by atoms with van der Waals surface area (Å²) in [6, 6.07) is 8.08. The van der Waals surface area contributed by atoms with Gasteiger partial charge < -0.3 is 17.0 Å². The summed E-state index contributed by atoms with van der Waals surface area (Å²) in [6.45, 7) is 2.64. The number of hydrogen-bond donors (Lipinski definition) is 0. The summed E-state index contributed by atoms with van der Waals surface area (Å²) in [5, 5.41) is 1.98. The molecular weight excluding hydrogens is 334 g/mol. The van der Waals surface area contributed by atoms with Gasteiger partial charge >= 0.3 is 0 Å². The molecule has 2 nitrogen and oxygen atoms in total. The fraction of sp³-hybridized carbons (Fsp3) is 0.375. The largest absolute Gasteiger partial charge is 1.00 e. The van der Waals surface area contributed by atoms with E-state index in [0.29, 0.717) is 6.54 Å². The van der Waals surface area contributed by atoms with Gasteiger partial charge in [-0.05, 0) is 18.4 Å². The molecule has 2 rings (SSSR count). The first-order valence-corrected chi connectivity index (χ1v) is 7.77. The van der Waals surface area contributed by atoms with Crippen LogP contribution < -0.4 is 21.5 Å². The summed E-state index contributed by atoms with van der Waals surface area (Å²) in [4.78, 5) is 12.1. The van der Waals surface area contributed by atoms with Gasteiger partial charge in [0, 0.05) is 5.56 Å². The number of carbonyl (C=O) groups excluding carboxylic acids is 1. The monoisotopic (exact) mass is 353 g/mol. The Hall–Kier alpha value is -1.00.